The standard InChI is InChI=1S/C22H29ClN2O3S2/c1-17-7-4-8-19(15-17)16-29-14-12-24-22(26)11-6-13-25(30(3,27)28)21-10-5-9-20(23)18(21)2/h4-5,7-10,15H,6,11-14,16H2,1-3H3,(H,24,26). The zero-order chi connectivity index (χ0) is 22.1. The Hall–Kier alpha value is -1.70. The molecule has 0 atom stereocenters. The van der Waals surface area contributed by atoms with Gasteiger partial charge in [-0.3, -0.25) is 9.10 Å². The highest BCUT2D eigenvalue weighted by molar-refractivity contribution is 7.98. The zero-order valence-corrected chi connectivity index (χ0v) is 20.0. The highest BCUT2D eigenvalue weighted by Gasteiger charge is 2.20. The molecule has 8 heteroatoms. The molecular formula is C22H29ClN2O3S2. The first-order chi connectivity index (χ1) is 14.2. The van der Waals surface area contributed by atoms with E-state index in [4.69, 9.17) is 11.6 Å². The minimum Gasteiger partial charge on any atom is -0.355 e. The summed E-state index contributed by atoms with van der Waals surface area (Å²) < 4.78 is 25.8. The summed E-state index contributed by atoms with van der Waals surface area (Å²) in [5.41, 5.74) is 3.79. The highest BCUT2D eigenvalue weighted by atomic mass is 35.5. The van der Waals surface area contributed by atoms with Gasteiger partial charge in [0.25, 0.3) is 0 Å². The summed E-state index contributed by atoms with van der Waals surface area (Å²) in [5.74, 6) is 1.68. The molecule has 0 radical (unpaired) electrons. The number of anilines is 1. The van der Waals surface area contributed by atoms with E-state index in [1.807, 2.05) is 0 Å². The number of benzene rings is 2. The van der Waals surface area contributed by atoms with Crippen molar-refractivity contribution in [3.8, 4) is 0 Å². The van der Waals surface area contributed by atoms with Crippen molar-refractivity contribution in [2.75, 3.05) is 29.4 Å². The monoisotopic (exact) mass is 468 g/mol. The van der Waals surface area contributed by atoms with Gasteiger partial charge in [-0.1, -0.05) is 47.5 Å². The van der Waals surface area contributed by atoms with Crippen LogP contribution in [0.5, 0.6) is 0 Å². The largest absolute Gasteiger partial charge is 0.355 e. The minimum atomic E-state index is -3.47. The molecule has 164 valence electrons. The number of hydrogen-bond acceptors (Lipinski definition) is 4. The van der Waals surface area contributed by atoms with Gasteiger partial charge in [-0.05, 0) is 43.5 Å². The molecule has 0 aliphatic carbocycles. The zero-order valence-electron chi connectivity index (χ0n) is 17.7. The third kappa shape index (κ3) is 7.85. The van der Waals surface area contributed by atoms with E-state index in [2.05, 4.69) is 36.5 Å². The summed E-state index contributed by atoms with van der Waals surface area (Å²) in [6.07, 6.45) is 1.87. The van der Waals surface area contributed by atoms with Crippen LogP contribution in [0, 0.1) is 13.8 Å². The lowest BCUT2D eigenvalue weighted by molar-refractivity contribution is -0.121. The molecule has 0 saturated carbocycles. The molecule has 30 heavy (non-hydrogen) atoms. The second-order valence-corrected chi connectivity index (χ2v) is 10.6. The molecule has 0 bridgehead atoms. The van der Waals surface area contributed by atoms with Gasteiger partial charge in [0.15, 0.2) is 0 Å². The number of hydrogen-bond donors (Lipinski definition) is 1. The van der Waals surface area contributed by atoms with Crippen LogP contribution in [0.4, 0.5) is 5.69 Å². The van der Waals surface area contributed by atoms with Crippen LogP contribution in [0.1, 0.15) is 29.5 Å². The van der Waals surface area contributed by atoms with Gasteiger partial charge >= 0.3 is 0 Å². The topological polar surface area (TPSA) is 66.5 Å². The predicted molar refractivity (Wildman–Crippen MR) is 128 cm³/mol. The lowest BCUT2D eigenvalue weighted by atomic mass is 10.2. The van der Waals surface area contributed by atoms with Crippen LogP contribution in [0.2, 0.25) is 5.02 Å². The Kier molecular flexibility index (Phi) is 9.52. The molecule has 1 amide bonds. The van der Waals surface area contributed by atoms with Crippen LogP contribution in [-0.2, 0) is 20.6 Å². The van der Waals surface area contributed by atoms with Gasteiger partial charge in [0.05, 0.1) is 11.9 Å². The number of nitrogens with one attached hydrogen (secondary N) is 1. The summed E-state index contributed by atoms with van der Waals surface area (Å²) in [5, 5.41) is 3.42. The summed E-state index contributed by atoms with van der Waals surface area (Å²) in [7, 11) is -3.47. The van der Waals surface area contributed by atoms with E-state index in [9.17, 15) is 13.2 Å². The molecule has 0 aliphatic rings. The Bertz CT molecular complexity index is 965. The second-order valence-electron chi connectivity index (χ2n) is 7.21. The van der Waals surface area contributed by atoms with Crippen molar-refractivity contribution in [1.29, 1.82) is 0 Å². The number of thioether (sulfide) groups is 1. The van der Waals surface area contributed by atoms with E-state index in [0.29, 0.717) is 29.2 Å². The molecule has 0 heterocycles. The maximum absolute atomic E-state index is 12.2. The number of aryl methyl sites for hydroxylation is 1. The molecule has 0 aliphatic heterocycles. The first-order valence-electron chi connectivity index (χ1n) is 9.81. The summed E-state index contributed by atoms with van der Waals surface area (Å²) >= 11 is 7.91. The molecule has 0 aromatic heterocycles. The van der Waals surface area contributed by atoms with Crippen molar-refractivity contribution < 1.29 is 13.2 Å². The molecule has 5 nitrogen and oxygen atoms in total. The van der Waals surface area contributed by atoms with Gasteiger partial charge in [-0.25, -0.2) is 8.42 Å². The molecular weight excluding hydrogens is 440 g/mol. The number of sulfonamides is 1. The summed E-state index contributed by atoms with van der Waals surface area (Å²) in [6, 6.07) is 13.6. The first kappa shape index (κ1) is 24.6. The van der Waals surface area contributed by atoms with Crippen LogP contribution >= 0.6 is 23.4 Å². The van der Waals surface area contributed by atoms with Gasteiger partial charge in [-0.15, -0.1) is 0 Å². The highest BCUT2D eigenvalue weighted by Crippen LogP contribution is 2.28. The van der Waals surface area contributed by atoms with Crippen molar-refractivity contribution in [3.63, 3.8) is 0 Å². The number of halogens is 1. The third-order valence-corrected chi connectivity index (χ3v) is 7.21. The second kappa shape index (κ2) is 11.6. The van der Waals surface area contributed by atoms with Crippen LogP contribution in [-0.4, -0.2) is 39.4 Å². The SMILES string of the molecule is Cc1cccc(CSCCNC(=O)CCCN(c2cccc(Cl)c2C)S(C)(=O)=O)c1. The van der Waals surface area contributed by atoms with E-state index < -0.39 is 10.0 Å². The lowest BCUT2D eigenvalue weighted by Gasteiger charge is -2.24. The van der Waals surface area contributed by atoms with Gasteiger partial charge in [0.1, 0.15) is 0 Å². The summed E-state index contributed by atoms with van der Waals surface area (Å²) in [6.45, 7) is 4.69. The average molecular weight is 469 g/mol. The normalized spacial score (nSPS) is 11.3. The molecule has 2 rings (SSSR count). The fourth-order valence-corrected chi connectivity index (χ4v) is 5.05. The van der Waals surface area contributed by atoms with E-state index in [0.717, 1.165) is 11.5 Å². The van der Waals surface area contributed by atoms with E-state index in [-0.39, 0.29) is 18.9 Å². The van der Waals surface area contributed by atoms with E-state index in [1.54, 1.807) is 36.9 Å². The number of carbonyl (C=O) groups is 1. The third-order valence-electron chi connectivity index (χ3n) is 4.59. The maximum Gasteiger partial charge on any atom is 0.232 e. The fourth-order valence-electron chi connectivity index (χ4n) is 3.06. The van der Waals surface area contributed by atoms with E-state index in [1.165, 1.54) is 21.7 Å². The number of nitrogens with zero attached hydrogens (tertiary/aromatic N) is 1. The number of carbonyl (C=O) groups excluding carboxylic acids is 1. The number of amides is 1. The smallest absolute Gasteiger partial charge is 0.232 e. The van der Waals surface area contributed by atoms with E-state index >= 15 is 0 Å². The van der Waals surface area contributed by atoms with Crippen LogP contribution in [0.15, 0.2) is 42.5 Å². The van der Waals surface area contributed by atoms with Crippen LogP contribution in [0.25, 0.3) is 0 Å². The quantitative estimate of drug-likeness (QED) is 0.491. The molecule has 2 aromatic carbocycles. The minimum absolute atomic E-state index is 0.0672. The van der Waals surface area contributed by atoms with Crippen LogP contribution in [0.3, 0.4) is 0 Å². The Balaban J connectivity index is 1.74. The van der Waals surface area contributed by atoms with Crippen LogP contribution < -0.4 is 9.62 Å². The molecule has 0 fully saturated rings. The molecule has 1 N–H and O–H groups in total. The average Bonchev–Trinajstić information content (AvgIpc) is 2.67. The van der Waals surface area contributed by atoms with Crippen molar-refractivity contribution in [3.05, 3.63) is 64.2 Å². The van der Waals surface area contributed by atoms with Gasteiger partial charge in [0, 0.05) is 36.0 Å². The van der Waals surface area contributed by atoms with Gasteiger partial charge in [-0.2, -0.15) is 11.8 Å². The Morgan fingerprint density at radius 2 is 1.90 bits per heavy atom. The van der Waals surface area contributed by atoms with Crippen molar-refractivity contribution >= 4 is 45.0 Å². The van der Waals surface area contributed by atoms with Crippen molar-refractivity contribution in [2.24, 2.45) is 0 Å². The first-order valence-corrected chi connectivity index (χ1v) is 13.2. The lowest BCUT2D eigenvalue weighted by Crippen LogP contribution is -2.33. The van der Waals surface area contributed by atoms with Crippen molar-refractivity contribution in [1.82, 2.24) is 5.32 Å². The Labute approximate surface area is 189 Å². The molecule has 0 spiro atoms. The Morgan fingerprint density at radius 3 is 2.60 bits per heavy atom. The summed E-state index contributed by atoms with van der Waals surface area (Å²) in [4.78, 5) is 12.1. The Morgan fingerprint density at radius 1 is 1.17 bits per heavy atom. The maximum atomic E-state index is 12.2. The predicted octanol–water partition coefficient (Wildman–Crippen LogP) is 4.55. The van der Waals surface area contributed by atoms with Crippen molar-refractivity contribution in [2.45, 2.75) is 32.4 Å². The number of rotatable bonds is 11. The fraction of sp³-hybridized carbons (Fsp3) is 0.409. The van der Waals surface area contributed by atoms with Gasteiger partial charge < -0.3 is 5.32 Å². The molecule has 2 aromatic rings. The molecule has 0 saturated heterocycles. The van der Waals surface area contributed by atoms with Gasteiger partial charge in [0.2, 0.25) is 15.9 Å². The molecule has 0 unspecified atom stereocenters.